The number of nitrogens with one attached hydrogen (secondary N) is 1. The van der Waals surface area contributed by atoms with Crippen LogP contribution in [-0.2, 0) is 32.4 Å². The van der Waals surface area contributed by atoms with Crippen molar-refractivity contribution < 1.29 is 0 Å². The minimum Gasteiger partial charge on any atom is -0.308 e. The van der Waals surface area contributed by atoms with E-state index in [2.05, 4.69) is 102 Å². The molecule has 3 aromatic rings. The first-order valence-corrected chi connectivity index (χ1v) is 16.3. The molecule has 0 radical (unpaired) electrons. The Hall–Kier alpha value is -3.08. The van der Waals surface area contributed by atoms with Gasteiger partial charge in [0.1, 0.15) is 0 Å². The minimum absolute atomic E-state index is 0.551. The Kier molecular flexibility index (Phi) is 15.3. The molecule has 1 aliphatic carbocycles. The van der Waals surface area contributed by atoms with Gasteiger partial charge in [0.2, 0.25) is 0 Å². The molecule has 4 heteroatoms. The maximum atomic E-state index is 4.50. The highest BCUT2D eigenvalue weighted by molar-refractivity contribution is 6.01. The third kappa shape index (κ3) is 11.3. The Morgan fingerprint density at radius 3 is 2.21 bits per heavy atom. The monoisotopic (exact) mass is 566 g/mol. The van der Waals surface area contributed by atoms with Crippen LogP contribution in [0.3, 0.4) is 0 Å². The number of hydrogen-bond acceptors (Lipinski definition) is 4. The second-order valence-electron chi connectivity index (χ2n) is 11.2. The largest absolute Gasteiger partial charge is 0.308 e. The predicted octanol–water partition coefficient (Wildman–Crippen LogP) is 8.40. The van der Waals surface area contributed by atoms with Crippen molar-refractivity contribution >= 4 is 5.71 Å². The molecule has 1 atom stereocenters. The summed E-state index contributed by atoms with van der Waals surface area (Å²) in [4.78, 5) is 10.9. The van der Waals surface area contributed by atoms with Gasteiger partial charge in [-0.15, -0.1) is 0 Å². The van der Waals surface area contributed by atoms with Crippen molar-refractivity contribution in [3.05, 3.63) is 113 Å². The number of hydrogen-bond donors (Lipinski definition) is 1. The summed E-state index contributed by atoms with van der Waals surface area (Å²) in [6.07, 6.45) is 15.8. The van der Waals surface area contributed by atoms with Crippen LogP contribution in [0, 0.1) is 0 Å². The van der Waals surface area contributed by atoms with Gasteiger partial charge < -0.3 is 10.2 Å². The van der Waals surface area contributed by atoms with Gasteiger partial charge in [-0.2, -0.15) is 0 Å². The number of fused-ring (bicyclic) bond motifs is 2. The van der Waals surface area contributed by atoms with Crippen LogP contribution in [-0.4, -0.2) is 41.8 Å². The first-order chi connectivity index (χ1) is 20.6. The van der Waals surface area contributed by atoms with Crippen LogP contribution in [0.2, 0.25) is 0 Å². The highest BCUT2D eigenvalue weighted by Gasteiger charge is 2.19. The molecule has 1 unspecified atom stereocenters. The van der Waals surface area contributed by atoms with Gasteiger partial charge in [0, 0.05) is 50.3 Å². The van der Waals surface area contributed by atoms with E-state index in [0.29, 0.717) is 6.04 Å². The number of benzene rings is 2. The maximum absolute atomic E-state index is 4.50. The smallest absolute Gasteiger partial charge is 0.0427 e. The number of aliphatic imine (C=N–C) groups is 1. The lowest BCUT2D eigenvalue weighted by molar-refractivity contribution is 0.274. The van der Waals surface area contributed by atoms with Crippen LogP contribution in [0.4, 0.5) is 0 Å². The van der Waals surface area contributed by atoms with Gasteiger partial charge in [0.15, 0.2) is 0 Å². The zero-order chi connectivity index (χ0) is 30.0. The van der Waals surface area contributed by atoms with E-state index in [0.717, 1.165) is 45.4 Å². The lowest BCUT2D eigenvalue weighted by Gasteiger charge is -2.30. The van der Waals surface area contributed by atoms with E-state index in [1.54, 1.807) is 11.8 Å². The highest BCUT2D eigenvalue weighted by atomic mass is 15.1. The standard InChI is InChI=1S/C20H26N2.C9H13N.C7H9N.C2H6/c1-3-16-8-10-17(11-9-16)14-22(2)15-20-12-18-6-4-5-7-19(18)13-21-20;1-2-6-9-8(4-1)5-3-7-10-9;1-2-7-4-3-5-8-6-7;1-2/h4-11,20-21H,3,12-15H2,1-2H3;5H,1-4,6-7H2;3-6H,2H2,1H3;1-2H3. The number of pyridine rings is 1. The van der Waals surface area contributed by atoms with Gasteiger partial charge in [-0.3, -0.25) is 9.98 Å². The third-order valence-corrected chi connectivity index (χ3v) is 8.02. The number of likely N-dealkylation sites (N-methyl/N-ethyl adjacent to an activating group) is 1. The zero-order valence-electron chi connectivity index (χ0n) is 26.9. The molecular weight excluding hydrogens is 512 g/mol. The van der Waals surface area contributed by atoms with E-state index in [1.165, 1.54) is 65.6 Å². The second-order valence-corrected chi connectivity index (χ2v) is 11.2. The molecule has 0 saturated heterocycles. The van der Waals surface area contributed by atoms with E-state index in [1.807, 2.05) is 26.1 Å². The molecule has 1 saturated carbocycles. The average molecular weight is 567 g/mol. The number of aryl methyl sites for hydroxylation is 2. The van der Waals surface area contributed by atoms with Gasteiger partial charge >= 0.3 is 0 Å². The van der Waals surface area contributed by atoms with Gasteiger partial charge in [0.05, 0.1) is 0 Å². The molecule has 0 bridgehead atoms. The lowest BCUT2D eigenvalue weighted by Crippen LogP contribution is -2.43. The molecule has 1 aromatic heterocycles. The summed E-state index contributed by atoms with van der Waals surface area (Å²) in [5, 5.41) is 3.67. The molecule has 3 aliphatic rings. The Morgan fingerprint density at radius 1 is 0.833 bits per heavy atom. The van der Waals surface area contributed by atoms with Crippen molar-refractivity contribution in [3.8, 4) is 0 Å². The van der Waals surface area contributed by atoms with Gasteiger partial charge in [-0.05, 0) is 97.9 Å². The van der Waals surface area contributed by atoms with Crippen LogP contribution in [0.15, 0.2) is 89.7 Å². The SMILES string of the molecule is C1=C2CCCCC2=NCC1.CC.CCc1ccc(CN(C)CC2Cc3ccccc3CN2)cc1.CCc1cccnc1. The first kappa shape index (κ1) is 33.4. The molecule has 6 rings (SSSR count). The molecule has 2 aliphatic heterocycles. The van der Waals surface area contributed by atoms with E-state index < -0.39 is 0 Å². The van der Waals surface area contributed by atoms with Gasteiger partial charge in [-0.25, -0.2) is 0 Å². The Bertz CT molecular complexity index is 1190. The van der Waals surface area contributed by atoms with Gasteiger partial charge in [0.25, 0.3) is 0 Å². The van der Waals surface area contributed by atoms with E-state index in [-0.39, 0.29) is 0 Å². The molecular formula is C38H54N4. The van der Waals surface area contributed by atoms with Crippen molar-refractivity contribution in [1.29, 1.82) is 0 Å². The van der Waals surface area contributed by atoms with E-state index >= 15 is 0 Å². The van der Waals surface area contributed by atoms with Crippen molar-refractivity contribution in [3.63, 3.8) is 0 Å². The van der Waals surface area contributed by atoms with Gasteiger partial charge in [-0.1, -0.05) is 88.4 Å². The number of aromatic nitrogens is 1. The summed E-state index contributed by atoms with van der Waals surface area (Å²) >= 11 is 0. The summed E-state index contributed by atoms with van der Waals surface area (Å²) in [7, 11) is 2.22. The van der Waals surface area contributed by atoms with Crippen molar-refractivity contribution in [2.45, 2.75) is 98.2 Å². The quantitative estimate of drug-likeness (QED) is 0.326. The van der Waals surface area contributed by atoms with E-state index in [4.69, 9.17) is 0 Å². The van der Waals surface area contributed by atoms with Crippen molar-refractivity contribution in [2.24, 2.45) is 4.99 Å². The van der Waals surface area contributed by atoms with Crippen LogP contribution in [0.5, 0.6) is 0 Å². The zero-order valence-corrected chi connectivity index (χ0v) is 26.9. The molecule has 1 fully saturated rings. The average Bonchev–Trinajstić information content (AvgIpc) is 3.07. The van der Waals surface area contributed by atoms with Crippen LogP contribution < -0.4 is 5.32 Å². The number of dihydropyridines is 1. The molecule has 0 spiro atoms. The van der Waals surface area contributed by atoms with Crippen molar-refractivity contribution in [2.75, 3.05) is 20.1 Å². The first-order valence-electron chi connectivity index (χ1n) is 16.3. The normalized spacial score (nSPS) is 17.0. The topological polar surface area (TPSA) is 40.5 Å². The summed E-state index contributed by atoms with van der Waals surface area (Å²) in [5.74, 6) is 0. The van der Waals surface area contributed by atoms with Crippen molar-refractivity contribution in [1.82, 2.24) is 15.2 Å². The molecule has 1 N–H and O–H groups in total. The summed E-state index contributed by atoms with van der Waals surface area (Å²) in [6, 6.07) is 22.4. The predicted molar refractivity (Wildman–Crippen MR) is 181 cm³/mol. The molecule has 3 heterocycles. The van der Waals surface area contributed by atoms with Crippen LogP contribution >= 0.6 is 0 Å². The lowest BCUT2D eigenvalue weighted by atomic mass is 9.91. The number of allylic oxidation sites excluding steroid dienone is 1. The number of rotatable bonds is 6. The molecule has 2 aromatic carbocycles. The summed E-state index contributed by atoms with van der Waals surface area (Å²) in [6.45, 7) is 12.5. The molecule has 42 heavy (non-hydrogen) atoms. The van der Waals surface area contributed by atoms with E-state index in [9.17, 15) is 0 Å². The fraction of sp³-hybridized carbons (Fsp3) is 0.474. The minimum atomic E-state index is 0.551. The fourth-order valence-corrected chi connectivity index (χ4v) is 5.64. The third-order valence-electron chi connectivity index (χ3n) is 8.02. The maximum Gasteiger partial charge on any atom is 0.0427 e. The number of nitrogens with zero attached hydrogens (tertiary/aromatic N) is 3. The summed E-state index contributed by atoms with van der Waals surface area (Å²) in [5.41, 5.74) is 10.0. The Balaban J connectivity index is 0.000000198. The fourth-order valence-electron chi connectivity index (χ4n) is 5.64. The summed E-state index contributed by atoms with van der Waals surface area (Å²) < 4.78 is 0. The Labute approximate surface area is 256 Å². The van der Waals surface area contributed by atoms with Crippen LogP contribution in [0.25, 0.3) is 0 Å². The second kappa shape index (κ2) is 19.2. The van der Waals surface area contributed by atoms with Crippen LogP contribution in [0.1, 0.15) is 87.6 Å². The molecule has 0 amide bonds. The molecule has 226 valence electrons. The highest BCUT2D eigenvalue weighted by Crippen LogP contribution is 2.23. The Morgan fingerprint density at radius 2 is 1.55 bits per heavy atom. The molecule has 4 nitrogen and oxygen atoms in total.